The molecule has 5 nitrogen and oxygen atoms in total. The van der Waals surface area contributed by atoms with Crippen LogP contribution in [0, 0.1) is 28.5 Å². The number of halogens is 1. The standard InChI is InChI=1S/C13H8FN5/c14-10-5-8(6-15)1-2-11(10)19-13-12(17)9(7-16)3-4-18-13/h1-5H,17H2,(H,18,19). The molecule has 3 N–H and O–H groups in total. The molecule has 0 saturated heterocycles. The van der Waals surface area contributed by atoms with Gasteiger partial charge in [-0.05, 0) is 24.3 Å². The Bertz CT molecular complexity index is 712. The molecule has 19 heavy (non-hydrogen) atoms. The molecular weight excluding hydrogens is 245 g/mol. The summed E-state index contributed by atoms with van der Waals surface area (Å²) in [6.45, 7) is 0. The van der Waals surface area contributed by atoms with Crippen LogP contribution >= 0.6 is 0 Å². The second-order valence-corrected chi connectivity index (χ2v) is 3.66. The predicted octanol–water partition coefficient (Wildman–Crippen LogP) is 2.29. The first kappa shape index (κ1) is 12.3. The average Bonchev–Trinajstić information content (AvgIpc) is 2.43. The van der Waals surface area contributed by atoms with Gasteiger partial charge in [0, 0.05) is 6.20 Å². The summed E-state index contributed by atoms with van der Waals surface area (Å²) in [6.07, 6.45) is 1.40. The van der Waals surface area contributed by atoms with E-state index in [2.05, 4.69) is 10.3 Å². The summed E-state index contributed by atoms with van der Waals surface area (Å²) in [5.74, 6) is -0.398. The molecule has 1 aromatic heterocycles. The number of nitrogen functional groups attached to an aromatic ring is 1. The summed E-state index contributed by atoms with van der Waals surface area (Å²) in [4.78, 5) is 3.95. The zero-order chi connectivity index (χ0) is 13.8. The highest BCUT2D eigenvalue weighted by Gasteiger charge is 2.09. The molecule has 6 heteroatoms. The van der Waals surface area contributed by atoms with Gasteiger partial charge in [-0.3, -0.25) is 0 Å². The zero-order valence-corrected chi connectivity index (χ0v) is 9.68. The Hall–Kier alpha value is -3.12. The van der Waals surface area contributed by atoms with Crippen molar-refractivity contribution < 1.29 is 4.39 Å². The van der Waals surface area contributed by atoms with E-state index in [4.69, 9.17) is 16.3 Å². The first-order valence-electron chi connectivity index (χ1n) is 5.27. The molecule has 0 amide bonds. The lowest BCUT2D eigenvalue weighted by Gasteiger charge is -2.09. The summed E-state index contributed by atoms with van der Waals surface area (Å²) in [5.41, 5.74) is 6.48. The van der Waals surface area contributed by atoms with Crippen LogP contribution in [-0.2, 0) is 0 Å². The fraction of sp³-hybridized carbons (Fsp3) is 0. The van der Waals surface area contributed by atoms with Gasteiger partial charge in [-0.2, -0.15) is 10.5 Å². The first-order chi connectivity index (χ1) is 9.15. The van der Waals surface area contributed by atoms with Crippen molar-refractivity contribution in [2.24, 2.45) is 0 Å². The molecular formula is C13H8FN5. The van der Waals surface area contributed by atoms with Crippen LogP contribution in [0.5, 0.6) is 0 Å². The van der Waals surface area contributed by atoms with Crippen molar-refractivity contribution in [1.29, 1.82) is 10.5 Å². The number of benzene rings is 1. The van der Waals surface area contributed by atoms with Crippen molar-refractivity contribution in [3.05, 3.63) is 47.4 Å². The van der Waals surface area contributed by atoms with Gasteiger partial charge in [0.15, 0.2) is 5.82 Å². The molecule has 2 aromatic rings. The van der Waals surface area contributed by atoms with Gasteiger partial charge in [-0.1, -0.05) is 0 Å². The number of nitrogens with zero attached hydrogens (tertiary/aromatic N) is 3. The van der Waals surface area contributed by atoms with Gasteiger partial charge >= 0.3 is 0 Å². The highest BCUT2D eigenvalue weighted by Crippen LogP contribution is 2.25. The van der Waals surface area contributed by atoms with Gasteiger partial charge in [-0.15, -0.1) is 0 Å². The number of pyridine rings is 1. The number of nitrogens with one attached hydrogen (secondary N) is 1. The molecule has 0 aliphatic carbocycles. The van der Waals surface area contributed by atoms with Crippen LogP contribution in [0.3, 0.4) is 0 Å². The number of hydrogen-bond acceptors (Lipinski definition) is 5. The number of hydrogen-bond donors (Lipinski definition) is 2. The van der Waals surface area contributed by atoms with E-state index >= 15 is 0 Å². The Morgan fingerprint density at radius 1 is 1.21 bits per heavy atom. The molecule has 0 atom stereocenters. The maximum absolute atomic E-state index is 13.7. The molecule has 0 unspecified atom stereocenters. The quantitative estimate of drug-likeness (QED) is 0.855. The predicted molar refractivity (Wildman–Crippen MR) is 67.8 cm³/mol. The first-order valence-corrected chi connectivity index (χ1v) is 5.27. The van der Waals surface area contributed by atoms with Gasteiger partial charge in [0.05, 0.1) is 28.6 Å². The van der Waals surface area contributed by atoms with Crippen molar-refractivity contribution in [2.75, 3.05) is 11.1 Å². The number of aromatic nitrogens is 1. The molecule has 0 aliphatic rings. The fourth-order valence-corrected chi connectivity index (χ4v) is 1.48. The Morgan fingerprint density at radius 3 is 2.63 bits per heavy atom. The molecule has 0 bridgehead atoms. The maximum atomic E-state index is 13.7. The Labute approximate surface area is 108 Å². The van der Waals surface area contributed by atoms with Crippen LogP contribution in [0.1, 0.15) is 11.1 Å². The lowest BCUT2D eigenvalue weighted by Crippen LogP contribution is -2.02. The van der Waals surface area contributed by atoms with Gasteiger partial charge in [0.25, 0.3) is 0 Å². The van der Waals surface area contributed by atoms with Crippen molar-refractivity contribution >= 4 is 17.2 Å². The monoisotopic (exact) mass is 253 g/mol. The van der Waals surface area contributed by atoms with Gasteiger partial charge in [-0.25, -0.2) is 9.37 Å². The van der Waals surface area contributed by atoms with Crippen LogP contribution in [-0.4, -0.2) is 4.98 Å². The van der Waals surface area contributed by atoms with Gasteiger partial charge in [0.1, 0.15) is 11.9 Å². The third-order valence-electron chi connectivity index (χ3n) is 2.46. The van der Waals surface area contributed by atoms with Crippen LogP contribution in [0.25, 0.3) is 0 Å². The largest absolute Gasteiger partial charge is 0.395 e. The van der Waals surface area contributed by atoms with Gasteiger partial charge < -0.3 is 11.1 Å². The van der Waals surface area contributed by atoms with E-state index in [1.165, 1.54) is 24.4 Å². The third-order valence-corrected chi connectivity index (χ3v) is 2.46. The van der Waals surface area contributed by atoms with E-state index in [1.807, 2.05) is 12.1 Å². The topological polar surface area (TPSA) is 98.5 Å². The lowest BCUT2D eigenvalue weighted by molar-refractivity contribution is 0.631. The minimum absolute atomic E-state index is 0.133. The van der Waals surface area contributed by atoms with E-state index < -0.39 is 5.82 Å². The minimum Gasteiger partial charge on any atom is -0.395 e. The van der Waals surface area contributed by atoms with Crippen molar-refractivity contribution in [1.82, 2.24) is 4.98 Å². The molecule has 1 aromatic carbocycles. The summed E-state index contributed by atoms with van der Waals surface area (Å²) in [5, 5.41) is 20.2. The highest BCUT2D eigenvalue weighted by atomic mass is 19.1. The Balaban J connectivity index is 2.38. The fourth-order valence-electron chi connectivity index (χ4n) is 1.48. The highest BCUT2D eigenvalue weighted by molar-refractivity contribution is 5.73. The maximum Gasteiger partial charge on any atom is 0.155 e. The van der Waals surface area contributed by atoms with Crippen molar-refractivity contribution in [2.45, 2.75) is 0 Å². The Kier molecular flexibility index (Phi) is 3.26. The molecule has 92 valence electrons. The van der Waals surface area contributed by atoms with E-state index in [9.17, 15) is 4.39 Å². The smallest absolute Gasteiger partial charge is 0.155 e. The summed E-state index contributed by atoms with van der Waals surface area (Å²) in [6, 6.07) is 9.20. The van der Waals surface area contributed by atoms with Crippen LogP contribution in [0.15, 0.2) is 30.5 Å². The summed E-state index contributed by atoms with van der Waals surface area (Å²) in [7, 11) is 0. The second-order valence-electron chi connectivity index (χ2n) is 3.66. The van der Waals surface area contributed by atoms with Crippen molar-refractivity contribution in [3.63, 3.8) is 0 Å². The Morgan fingerprint density at radius 2 is 2.00 bits per heavy atom. The molecule has 0 spiro atoms. The van der Waals surface area contributed by atoms with Crippen LogP contribution in [0.4, 0.5) is 21.6 Å². The molecule has 0 saturated carbocycles. The number of anilines is 3. The zero-order valence-electron chi connectivity index (χ0n) is 9.68. The molecule has 1 heterocycles. The number of nitriles is 2. The second kappa shape index (κ2) is 5.03. The number of rotatable bonds is 2. The van der Waals surface area contributed by atoms with E-state index in [-0.39, 0.29) is 28.3 Å². The summed E-state index contributed by atoms with van der Waals surface area (Å²) < 4.78 is 13.7. The minimum atomic E-state index is -0.595. The van der Waals surface area contributed by atoms with Gasteiger partial charge in [0.2, 0.25) is 0 Å². The van der Waals surface area contributed by atoms with E-state index in [0.717, 1.165) is 6.07 Å². The molecule has 0 radical (unpaired) electrons. The summed E-state index contributed by atoms with van der Waals surface area (Å²) >= 11 is 0. The SMILES string of the molecule is N#Cc1ccc(Nc2nccc(C#N)c2N)c(F)c1. The average molecular weight is 253 g/mol. The molecule has 2 rings (SSSR count). The molecule has 0 aliphatic heterocycles. The van der Waals surface area contributed by atoms with Crippen LogP contribution < -0.4 is 11.1 Å². The molecule has 0 fully saturated rings. The van der Waals surface area contributed by atoms with Crippen molar-refractivity contribution in [3.8, 4) is 12.1 Å². The normalized spacial score (nSPS) is 9.42. The third kappa shape index (κ3) is 2.43. The van der Waals surface area contributed by atoms with E-state index in [1.54, 1.807) is 0 Å². The lowest BCUT2D eigenvalue weighted by atomic mass is 10.2. The van der Waals surface area contributed by atoms with Crippen LogP contribution in [0.2, 0.25) is 0 Å². The van der Waals surface area contributed by atoms with E-state index in [0.29, 0.717) is 0 Å². The number of nitrogens with two attached hydrogens (primary N) is 1.